The zero-order chi connectivity index (χ0) is 10.7. The van der Waals surface area contributed by atoms with Gasteiger partial charge in [0.15, 0.2) is 0 Å². The van der Waals surface area contributed by atoms with Gasteiger partial charge in [-0.05, 0) is 6.92 Å². The van der Waals surface area contributed by atoms with E-state index in [0.717, 1.165) is 0 Å². The second-order valence-electron chi connectivity index (χ2n) is 3.00. The largest absolute Gasteiger partial charge is 0.395 e. The van der Waals surface area contributed by atoms with Crippen molar-refractivity contribution in [3.05, 3.63) is 32.6 Å². The van der Waals surface area contributed by atoms with Gasteiger partial charge in [0, 0.05) is 18.3 Å². The zero-order valence-corrected chi connectivity index (χ0v) is 9.82. The van der Waals surface area contributed by atoms with Gasteiger partial charge in [0.05, 0.1) is 10.5 Å². The van der Waals surface area contributed by atoms with Gasteiger partial charge in [-0.15, -0.1) is 0 Å². The monoisotopic (exact) mass is 310 g/mol. The number of aliphatic hydroxyl groups is 1. The van der Waals surface area contributed by atoms with Crippen LogP contribution in [0.5, 0.6) is 0 Å². The fourth-order valence-electron chi connectivity index (χ4n) is 1.03. The molecule has 1 aromatic rings. The average molecular weight is 310 g/mol. The van der Waals surface area contributed by atoms with Crippen molar-refractivity contribution in [1.82, 2.24) is 9.55 Å². The SMILES string of the molecule is Cc1cn(CC(I)CO)c(=O)[nH]c1=O. The molecule has 0 saturated carbocycles. The van der Waals surface area contributed by atoms with E-state index in [1.54, 1.807) is 6.92 Å². The average Bonchev–Trinajstić information content (AvgIpc) is 2.14. The summed E-state index contributed by atoms with van der Waals surface area (Å²) in [5.41, 5.74) is -0.304. The topological polar surface area (TPSA) is 75.1 Å². The smallest absolute Gasteiger partial charge is 0.328 e. The molecule has 6 heteroatoms. The molecule has 1 unspecified atom stereocenters. The van der Waals surface area contributed by atoms with E-state index in [-0.39, 0.29) is 16.1 Å². The molecule has 1 heterocycles. The summed E-state index contributed by atoms with van der Waals surface area (Å²) in [5.74, 6) is 0. The van der Waals surface area contributed by atoms with Crippen molar-refractivity contribution in [2.45, 2.75) is 17.4 Å². The highest BCUT2D eigenvalue weighted by Gasteiger charge is 2.06. The fourth-order valence-corrected chi connectivity index (χ4v) is 1.45. The molecule has 14 heavy (non-hydrogen) atoms. The lowest BCUT2D eigenvalue weighted by molar-refractivity contribution is 0.290. The van der Waals surface area contributed by atoms with Gasteiger partial charge in [-0.1, -0.05) is 22.6 Å². The summed E-state index contributed by atoms with van der Waals surface area (Å²) in [5, 5.41) is 8.82. The Morgan fingerprint density at radius 2 is 2.29 bits per heavy atom. The predicted molar refractivity (Wildman–Crippen MR) is 61.0 cm³/mol. The van der Waals surface area contributed by atoms with Gasteiger partial charge in [-0.2, -0.15) is 0 Å². The van der Waals surface area contributed by atoms with Crippen LogP contribution in [0.15, 0.2) is 15.8 Å². The van der Waals surface area contributed by atoms with Crippen molar-refractivity contribution in [2.75, 3.05) is 6.61 Å². The summed E-state index contributed by atoms with van der Waals surface area (Å²) in [4.78, 5) is 24.5. The molecule has 5 nitrogen and oxygen atoms in total. The van der Waals surface area contributed by atoms with Gasteiger partial charge in [0.1, 0.15) is 0 Å². The van der Waals surface area contributed by atoms with E-state index in [9.17, 15) is 9.59 Å². The fraction of sp³-hybridized carbons (Fsp3) is 0.500. The van der Waals surface area contributed by atoms with Crippen LogP contribution in [0.2, 0.25) is 0 Å². The van der Waals surface area contributed by atoms with Gasteiger partial charge in [-0.25, -0.2) is 4.79 Å². The predicted octanol–water partition coefficient (Wildman–Crippen LogP) is -0.359. The van der Waals surface area contributed by atoms with Gasteiger partial charge < -0.3 is 5.11 Å². The molecular weight excluding hydrogens is 299 g/mol. The number of rotatable bonds is 3. The maximum Gasteiger partial charge on any atom is 0.328 e. The zero-order valence-electron chi connectivity index (χ0n) is 7.66. The van der Waals surface area contributed by atoms with E-state index in [0.29, 0.717) is 12.1 Å². The molecule has 0 aliphatic heterocycles. The van der Waals surface area contributed by atoms with Crippen molar-refractivity contribution in [3.8, 4) is 0 Å². The van der Waals surface area contributed by atoms with Crippen LogP contribution in [-0.4, -0.2) is 25.2 Å². The minimum Gasteiger partial charge on any atom is -0.395 e. The Labute approximate surface area is 93.9 Å². The van der Waals surface area contributed by atoms with Crippen LogP contribution in [0.1, 0.15) is 5.56 Å². The van der Waals surface area contributed by atoms with Crippen molar-refractivity contribution in [1.29, 1.82) is 0 Å². The highest BCUT2D eigenvalue weighted by atomic mass is 127. The molecule has 0 bridgehead atoms. The summed E-state index contributed by atoms with van der Waals surface area (Å²) < 4.78 is 1.36. The lowest BCUT2D eigenvalue weighted by Gasteiger charge is -2.08. The minimum atomic E-state index is -0.435. The molecule has 0 radical (unpaired) electrons. The molecule has 78 valence electrons. The van der Waals surface area contributed by atoms with Gasteiger partial charge in [0.2, 0.25) is 0 Å². The Morgan fingerprint density at radius 3 is 2.86 bits per heavy atom. The van der Waals surface area contributed by atoms with E-state index in [4.69, 9.17) is 5.11 Å². The number of nitrogens with one attached hydrogen (secondary N) is 1. The maximum atomic E-state index is 11.3. The van der Waals surface area contributed by atoms with E-state index >= 15 is 0 Å². The molecule has 0 fully saturated rings. The number of aromatic amines is 1. The van der Waals surface area contributed by atoms with Crippen LogP contribution in [0.4, 0.5) is 0 Å². The van der Waals surface area contributed by atoms with E-state index < -0.39 is 5.69 Å². The number of aliphatic hydroxyl groups excluding tert-OH is 1. The Balaban J connectivity index is 3.04. The van der Waals surface area contributed by atoms with Gasteiger partial charge >= 0.3 is 5.69 Å². The third-order valence-electron chi connectivity index (χ3n) is 1.78. The maximum absolute atomic E-state index is 11.3. The Hall–Kier alpha value is -0.630. The third kappa shape index (κ3) is 2.68. The Kier molecular flexibility index (Phi) is 3.87. The first kappa shape index (κ1) is 11.4. The molecule has 0 spiro atoms. The Bertz CT molecular complexity index is 423. The molecule has 0 aromatic carbocycles. The number of H-pyrrole nitrogens is 1. The lowest BCUT2D eigenvalue weighted by Crippen LogP contribution is -2.33. The number of nitrogens with zero attached hydrogens (tertiary/aromatic N) is 1. The van der Waals surface area contributed by atoms with Gasteiger partial charge in [0.25, 0.3) is 5.56 Å². The number of alkyl halides is 1. The summed E-state index contributed by atoms with van der Waals surface area (Å²) in [6, 6.07) is 0. The highest BCUT2D eigenvalue weighted by Crippen LogP contribution is 2.01. The highest BCUT2D eigenvalue weighted by molar-refractivity contribution is 14.1. The second kappa shape index (κ2) is 4.74. The molecular formula is C8H11IN2O3. The number of halogens is 1. The molecule has 0 amide bonds. The molecule has 0 aliphatic carbocycles. The number of hydrogen-bond donors (Lipinski definition) is 2. The van der Waals surface area contributed by atoms with Crippen molar-refractivity contribution in [2.24, 2.45) is 0 Å². The van der Waals surface area contributed by atoms with Crippen molar-refractivity contribution < 1.29 is 5.11 Å². The number of aryl methyl sites for hydroxylation is 1. The molecule has 1 atom stereocenters. The normalized spacial score (nSPS) is 12.8. The van der Waals surface area contributed by atoms with Crippen LogP contribution in [0.3, 0.4) is 0 Å². The molecule has 2 N–H and O–H groups in total. The first-order valence-corrected chi connectivity index (χ1v) is 5.34. The van der Waals surface area contributed by atoms with E-state index in [1.165, 1.54) is 10.8 Å². The quantitative estimate of drug-likeness (QED) is 0.591. The summed E-state index contributed by atoms with van der Waals surface area (Å²) >= 11 is 2.04. The summed E-state index contributed by atoms with van der Waals surface area (Å²) in [6.07, 6.45) is 1.50. The molecule has 0 saturated heterocycles. The lowest BCUT2D eigenvalue weighted by atomic mass is 10.3. The summed E-state index contributed by atoms with van der Waals surface area (Å²) in [6.45, 7) is 2.04. The number of aromatic nitrogens is 2. The van der Waals surface area contributed by atoms with E-state index in [1.807, 2.05) is 22.6 Å². The summed E-state index contributed by atoms with van der Waals surface area (Å²) in [7, 11) is 0. The van der Waals surface area contributed by atoms with Crippen LogP contribution >= 0.6 is 22.6 Å². The first-order chi connectivity index (χ1) is 6.54. The molecule has 1 rings (SSSR count). The van der Waals surface area contributed by atoms with Crippen LogP contribution in [-0.2, 0) is 6.54 Å². The number of hydrogen-bond acceptors (Lipinski definition) is 3. The molecule has 0 aliphatic rings. The van der Waals surface area contributed by atoms with Crippen LogP contribution in [0, 0.1) is 6.92 Å². The van der Waals surface area contributed by atoms with E-state index in [2.05, 4.69) is 4.98 Å². The molecule has 1 aromatic heterocycles. The van der Waals surface area contributed by atoms with Crippen LogP contribution < -0.4 is 11.2 Å². The van der Waals surface area contributed by atoms with Crippen molar-refractivity contribution >= 4 is 22.6 Å². The first-order valence-electron chi connectivity index (χ1n) is 4.10. The van der Waals surface area contributed by atoms with Crippen molar-refractivity contribution in [3.63, 3.8) is 0 Å². The second-order valence-corrected chi connectivity index (χ2v) is 4.77. The van der Waals surface area contributed by atoms with Crippen LogP contribution in [0.25, 0.3) is 0 Å². The minimum absolute atomic E-state index is 0.00513. The standard InChI is InChI=1S/C8H11IN2O3/c1-5-2-11(3-6(9)4-12)8(14)10-7(5)13/h2,6,12H,3-4H2,1H3,(H,10,13,14). The Morgan fingerprint density at radius 1 is 1.64 bits per heavy atom. The third-order valence-corrected chi connectivity index (χ3v) is 2.57. The van der Waals surface area contributed by atoms with Gasteiger partial charge in [-0.3, -0.25) is 14.3 Å².